The molecule has 0 aliphatic heterocycles. The third-order valence-electron chi connectivity index (χ3n) is 4.34. The molecule has 29 heavy (non-hydrogen) atoms. The highest BCUT2D eigenvalue weighted by Gasteiger charge is 2.23. The molecule has 0 aliphatic carbocycles. The van der Waals surface area contributed by atoms with Gasteiger partial charge in [-0.05, 0) is 24.3 Å². The Kier molecular flexibility index (Phi) is 6.93. The first kappa shape index (κ1) is 22.3. The third-order valence-corrected chi connectivity index (χ3v) is 6.38. The second kappa shape index (κ2) is 9.01. The molecular formula is C19H24N4O5S. The number of sulfonamides is 1. The van der Waals surface area contributed by atoms with Crippen molar-refractivity contribution in [1.82, 2.24) is 4.31 Å². The van der Waals surface area contributed by atoms with E-state index in [1.165, 1.54) is 40.9 Å². The largest absolute Gasteiger partial charge is 0.507 e. The van der Waals surface area contributed by atoms with Crippen LogP contribution < -0.4 is 4.90 Å². The number of phenolic OH excluding ortho intramolecular Hbond substituents is 1. The molecule has 9 nitrogen and oxygen atoms in total. The summed E-state index contributed by atoms with van der Waals surface area (Å²) in [5.41, 5.74) is 0.981. The number of nitro groups is 1. The van der Waals surface area contributed by atoms with Crippen molar-refractivity contribution in [3.63, 3.8) is 0 Å². The predicted molar refractivity (Wildman–Crippen MR) is 113 cm³/mol. The number of hydrogen-bond acceptors (Lipinski definition) is 7. The molecule has 2 rings (SSSR count). The van der Waals surface area contributed by atoms with E-state index in [1.54, 1.807) is 38.9 Å². The van der Waals surface area contributed by atoms with Crippen LogP contribution in [0.2, 0.25) is 0 Å². The van der Waals surface area contributed by atoms with E-state index < -0.39 is 14.9 Å². The first-order valence-electron chi connectivity index (χ1n) is 8.94. The number of non-ortho nitro benzene ring substituents is 1. The lowest BCUT2D eigenvalue weighted by Crippen LogP contribution is -2.30. The van der Waals surface area contributed by atoms with Crippen LogP contribution in [0.3, 0.4) is 0 Å². The van der Waals surface area contributed by atoms with Crippen molar-refractivity contribution in [3.8, 4) is 5.75 Å². The summed E-state index contributed by atoms with van der Waals surface area (Å²) >= 11 is 0. The molecule has 1 N–H and O–H groups in total. The van der Waals surface area contributed by atoms with Crippen LogP contribution in [0.1, 0.15) is 19.4 Å². The Morgan fingerprint density at radius 2 is 1.79 bits per heavy atom. The number of benzene rings is 2. The molecule has 0 bridgehead atoms. The van der Waals surface area contributed by atoms with Crippen LogP contribution in [0.4, 0.5) is 17.1 Å². The van der Waals surface area contributed by atoms with E-state index in [9.17, 15) is 23.6 Å². The molecular weight excluding hydrogens is 396 g/mol. The minimum absolute atomic E-state index is 0.0993. The number of hydrogen-bond donors (Lipinski definition) is 1. The van der Waals surface area contributed by atoms with E-state index in [0.29, 0.717) is 24.5 Å². The van der Waals surface area contributed by atoms with Crippen LogP contribution >= 0.6 is 0 Å². The standard InChI is InChI=1S/C19H24N4O5S/c1-5-22(6-2)29(27,28)16-8-9-18(21(3)4)17(12-16)20-13-14-11-15(23(25)26)7-10-19(14)24/h7-13,24H,5-6H2,1-4H3. The van der Waals surface area contributed by atoms with Crippen molar-refractivity contribution in [3.05, 3.63) is 52.1 Å². The Labute approximate surface area is 170 Å². The topological polar surface area (TPSA) is 116 Å². The van der Waals surface area contributed by atoms with Gasteiger partial charge in [0.25, 0.3) is 5.69 Å². The summed E-state index contributed by atoms with van der Waals surface area (Å²) < 4.78 is 27.0. The highest BCUT2D eigenvalue weighted by molar-refractivity contribution is 7.89. The molecule has 0 heterocycles. The maximum absolute atomic E-state index is 12.8. The van der Waals surface area contributed by atoms with E-state index in [1.807, 2.05) is 0 Å². The number of nitrogens with zero attached hydrogens (tertiary/aromatic N) is 4. The van der Waals surface area contributed by atoms with Crippen molar-refractivity contribution < 1.29 is 18.4 Å². The van der Waals surface area contributed by atoms with Gasteiger partial charge in [0.2, 0.25) is 10.0 Å². The van der Waals surface area contributed by atoms with Gasteiger partial charge in [0, 0.05) is 51.1 Å². The summed E-state index contributed by atoms with van der Waals surface area (Å²) in [6.07, 6.45) is 1.28. The first-order valence-corrected chi connectivity index (χ1v) is 10.4. The van der Waals surface area contributed by atoms with Crippen molar-refractivity contribution in [1.29, 1.82) is 0 Å². The molecule has 10 heteroatoms. The lowest BCUT2D eigenvalue weighted by molar-refractivity contribution is -0.384. The first-order chi connectivity index (χ1) is 13.6. The number of nitro benzene ring substituents is 1. The Morgan fingerprint density at radius 1 is 1.14 bits per heavy atom. The van der Waals surface area contributed by atoms with Crippen LogP contribution in [-0.2, 0) is 10.0 Å². The van der Waals surface area contributed by atoms with Gasteiger partial charge in [-0.15, -0.1) is 0 Å². The van der Waals surface area contributed by atoms with E-state index in [-0.39, 0.29) is 21.9 Å². The number of aliphatic imine (C=N–C) groups is 1. The molecule has 0 unspecified atom stereocenters. The minimum atomic E-state index is -3.67. The number of phenols is 1. The molecule has 0 aromatic heterocycles. The van der Waals surface area contributed by atoms with E-state index in [0.717, 1.165) is 0 Å². The average molecular weight is 420 g/mol. The Bertz CT molecular complexity index is 1030. The normalized spacial score (nSPS) is 11.9. The summed E-state index contributed by atoms with van der Waals surface area (Å²) in [6.45, 7) is 4.21. The second-order valence-corrected chi connectivity index (χ2v) is 8.33. The highest BCUT2D eigenvalue weighted by Crippen LogP contribution is 2.32. The highest BCUT2D eigenvalue weighted by atomic mass is 32.2. The van der Waals surface area contributed by atoms with Crippen LogP contribution in [0.25, 0.3) is 0 Å². The van der Waals surface area contributed by atoms with Crippen LogP contribution in [-0.4, -0.2) is 56.2 Å². The fraction of sp³-hybridized carbons (Fsp3) is 0.316. The Morgan fingerprint density at radius 3 is 2.34 bits per heavy atom. The zero-order valence-corrected chi connectivity index (χ0v) is 17.5. The zero-order valence-electron chi connectivity index (χ0n) is 16.7. The van der Waals surface area contributed by atoms with Gasteiger partial charge in [0.15, 0.2) is 0 Å². The predicted octanol–water partition coefficient (Wildman–Crippen LogP) is 3.15. The number of anilines is 1. The smallest absolute Gasteiger partial charge is 0.270 e. The van der Waals surface area contributed by atoms with Gasteiger partial charge in [-0.1, -0.05) is 13.8 Å². The van der Waals surface area contributed by atoms with Gasteiger partial charge in [0.05, 0.1) is 21.2 Å². The van der Waals surface area contributed by atoms with Gasteiger partial charge in [0.1, 0.15) is 5.75 Å². The lowest BCUT2D eigenvalue weighted by atomic mass is 10.2. The Balaban J connectivity index is 2.55. The van der Waals surface area contributed by atoms with Crippen LogP contribution in [0.15, 0.2) is 46.3 Å². The van der Waals surface area contributed by atoms with Crippen molar-refractivity contribution in [2.75, 3.05) is 32.1 Å². The zero-order chi connectivity index (χ0) is 21.8. The number of aromatic hydroxyl groups is 1. The summed E-state index contributed by atoms with van der Waals surface area (Å²) in [7, 11) is -0.0941. The van der Waals surface area contributed by atoms with Gasteiger partial charge in [-0.2, -0.15) is 4.31 Å². The molecule has 0 saturated carbocycles. The molecule has 0 saturated heterocycles. The van der Waals surface area contributed by atoms with Crippen LogP contribution in [0, 0.1) is 10.1 Å². The summed E-state index contributed by atoms with van der Waals surface area (Å²) in [4.78, 5) is 16.6. The van der Waals surface area contributed by atoms with Gasteiger partial charge in [-0.25, -0.2) is 8.42 Å². The quantitative estimate of drug-likeness (QED) is 0.398. The van der Waals surface area contributed by atoms with Crippen molar-refractivity contribution >= 4 is 33.3 Å². The second-order valence-electron chi connectivity index (χ2n) is 6.39. The lowest BCUT2D eigenvalue weighted by Gasteiger charge is -2.20. The van der Waals surface area contributed by atoms with Crippen molar-refractivity contribution in [2.24, 2.45) is 4.99 Å². The van der Waals surface area contributed by atoms with E-state index >= 15 is 0 Å². The van der Waals surface area contributed by atoms with Gasteiger partial charge >= 0.3 is 0 Å². The molecule has 156 valence electrons. The van der Waals surface area contributed by atoms with Gasteiger partial charge < -0.3 is 10.0 Å². The van der Waals surface area contributed by atoms with Crippen LogP contribution in [0.5, 0.6) is 5.75 Å². The molecule has 2 aromatic carbocycles. The van der Waals surface area contributed by atoms with E-state index in [4.69, 9.17) is 0 Å². The fourth-order valence-corrected chi connectivity index (χ4v) is 4.23. The Hall–Kier alpha value is -2.98. The fourth-order valence-electron chi connectivity index (χ4n) is 2.76. The maximum atomic E-state index is 12.8. The summed E-state index contributed by atoms with van der Waals surface area (Å²) in [6, 6.07) is 8.23. The molecule has 0 aliphatic rings. The minimum Gasteiger partial charge on any atom is -0.507 e. The molecule has 2 aromatic rings. The third kappa shape index (κ3) is 4.90. The average Bonchev–Trinajstić information content (AvgIpc) is 2.67. The monoisotopic (exact) mass is 420 g/mol. The molecule has 0 spiro atoms. The van der Waals surface area contributed by atoms with Gasteiger partial charge in [-0.3, -0.25) is 15.1 Å². The van der Waals surface area contributed by atoms with E-state index in [2.05, 4.69) is 4.99 Å². The van der Waals surface area contributed by atoms with Crippen molar-refractivity contribution in [2.45, 2.75) is 18.7 Å². The molecule has 0 fully saturated rings. The molecule has 0 amide bonds. The molecule has 0 atom stereocenters. The SMILES string of the molecule is CCN(CC)S(=O)(=O)c1ccc(N(C)C)c(N=Cc2cc([N+](=O)[O-])ccc2O)c1. The maximum Gasteiger partial charge on any atom is 0.270 e. The number of rotatable bonds is 8. The molecule has 0 radical (unpaired) electrons. The summed E-state index contributed by atoms with van der Waals surface area (Å²) in [5.74, 6) is -0.169. The summed E-state index contributed by atoms with van der Waals surface area (Å²) in [5, 5.41) is 20.9.